The van der Waals surface area contributed by atoms with Crippen molar-refractivity contribution in [2.24, 2.45) is 23.2 Å². The summed E-state index contributed by atoms with van der Waals surface area (Å²) in [5.74, 6) is 2.65. The molecule has 0 aromatic rings. The second-order valence-electron chi connectivity index (χ2n) is 8.22. The average molecular weight is 436 g/mol. The standard InChI is InChI=1S/C19H37IOSi/c1-6-22(7-2,8-3)21-18-10-9-13-19(5)16(15(4)14-20)11-12-17(18)19/h15-18H,6-14H2,1-5H3/t15-,16-,17+,18?,19?/m1/s1. The molecule has 2 fully saturated rings. The Morgan fingerprint density at radius 2 is 1.77 bits per heavy atom. The number of alkyl halides is 1. The lowest BCUT2D eigenvalue weighted by Crippen LogP contribution is -2.48. The molecule has 130 valence electrons. The summed E-state index contributed by atoms with van der Waals surface area (Å²) in [5, 5.41) is 0. The van der Waals surface area contributed by atoms with E-state index in [9.17, 15) is 0 Å². The van der Waals surface area contributed by atoms with Crippen molar-refractivity contribution in [3.05, 3.63) is 0 Å². The van der Waals surface area contributed by atoms with Gasteiger partial charge >= 0.3 is 0 Å². The maximum atomic E-state index is 7.00. The molecule has 2 unspecified atom stereocenters. The molecule has 1 nitrogen and oxygen atoms in total. The third kappa shape index (κ3) is 3.46. The van der Waals surface area contributed by atoms with Gasteiger partial charge in [0.2, 0.25) is 0 Å². The Kier molecular flexibility index (Phi) is 6.87. The molecule has 0 heterocycles. The summed E-state index contributed by atoms with van der Waals surface area (Å²) in [6.07, 6.45) is 7.63. The van der Waals surface area contributed by atoms with E-state index in [1.807, 2.05) is 0 Å². The minimum absolute atomic E-state index is 0.558. The van der Waals surface area contributed by atoms with Crippen LogP contribution in [-0.4, -0.2) is 18.8 Å². The van der Waals surface area contributed by atoms with Crippen LogP contribution in [-0.2, 0) is 4.43 Å². The zero-order chi connectivity index (χ0) is 16.4. The van der Waals surface area contributed by atoms with Crippen LogP contribution in [0.4, 0.5) is 0 Å². The first-order valence-corrected chi connectivity index (χ1v) is 13.8. The van der Waals surface area contributed by atoms with Crippen LogP contribution in [0.25, 0.3) is 0 Å². The summed E-state index contributed by atoms with van der Waals surface area (Å²) in [5.41, 5.74) is 0.558. The molecule has 2 saturated carbocycles. The van der Waals surface area contributed by atoms with Gasteiger partial charge in [0, 0.05) is 10.5 Å². The summed E-state index contributed by atoms with van der Waals surface area (Å²) < 4.78 is 8.32. The fourth-order valence-corrected chi connectivity index (χ4v) is 9.20. The van der Waals surface area contributed by atoms with Gasteiger partial charge in [0.15, 0.2) is 8.32 Å². The molecule has 2 aliphatic carbocycles. The van der Waals surface area contributed by atoms with Gasteiger partial charge in [0.05, 0.1) is 0 Å². The highest BCUT2D eigenvalue weighted by Crippen LogP contribution is 2.58. The van der Waals surface area contributed by atoms with Gasteiger partial charge in [-0.1, -0.05) is 63.6 Å². The lowest BCUT2D eigenvalue weighted by molar-refractivity contribution is -0.0169. The van der Waals surface area contributed by atoms with E-state index in [2.05, 4.69) is 57.2 Å². The summed E-state index contributed by atoms with van der Waals surface area (Å²) in [6, 6.07) is 3.90. The SMILES string of the molecule is CC[Si](CC)(CC)OC1CCCC2(C)[C@@H]([C@H](C)CI)CC[C@@H]12. The zero-order valence-corrected chi connectivity index (χ0v) is 18.6. The van der Waals surface area contributed by atoms with Crippen LogP contribution in [0.3, 0.4) is 0 Å². The second-order valence-corrected chi connectivity index (χ2v) is 13.8. The van der Waals surface area contributed by atoms with Crippen molar-refractivity contribution in [1.82, 2.24) is 0 Å². The first-order chi connectivity index (χ1) is 10.5. The van der Waals surface area contributed by atoms with Crippen molar-refractivity contribution in [3.63, 3.8) is 0 Å². The van der Waals surface area contributed by atoms with E-state index in [-0.39, 0.29) is 0 Å². The molecule has 0 spiro atoms. The Labute approximate surface area is 153 Å². The molecule has 0 saturated heterocycles. The highest BCUT2D eigenvalue weighted by Gasteiger charge is 2.53. The van der Waals surface area contributed by atoms with Crippen molar-refractivity contribution in [1.29, 1.82) is 0 Å². The van der Waals surface area contributed by atoms with Gasteiger partial charge < -0.3 is 4.43 Å². The second kappa shape index (κ2) is 7.86. The minimum atomic E-state index is -1.46. The molecular formula is C19H37IOSi. The first-order valence-electron chi connectivity index (χ1n) is 9.70. The van der Waals surface area contributed by atoms with Crippen molar-refractivity contribution in [2.75, 3.05) is 4.43 Å². The highest BCUT2D eigenvalue weighted by atomic mass is 127. The van der Waals surface area contributed by atoms with Crippen LogP contribution in [0.15, 0.2) is 0 Å². The number of fused-ring (bicyclic) bond motifs is 1. The van der Waals surface area contributed by atoms with Crippen molar-refractivity contribution < 1.29 is 4.43 Å². The minimum Gasteiger partial charge on any atom is -0.414 e. The van der Waals surface area contributed by atoms with Crippen molar-refractivity contribution in [2.45, 2.75) is 91.0 Å². The summed E-state index contributed by atoms with van der Waals surface area (Å²) in [4.78, 5) is 0. The predicted octanol–water partition coefficient (Wildman–Crippen LogP) is 6.66. The fourth-order valence-electron chi connectivity index (χ4n) is 5.66. The molecule has 5 atom stereocenters. The van der Waals surface area contributed by atoms with Gasteiger partial charge in [-0.2, -0.15) is 0 Å². The van der Waals surface area contributed by atoms with Crippen LogP contribution in [0.1, 0.15) is 66.7 Å². The van der Waals surface area contributed by atoms with E-state index in [4.69, 9.17) is 4.43 Å². The molecular weight excluding hydrogens is 399 g/mol. The first kappa shape index (κ1) is 19.2. The summed E-state index contributed by atoms with van der Waals surface area (Å²) in [7, 11) is -1.46. The number of hydrogen-bond donors (Lipinski definition) is 0. The highest BCUT2D eigenvalue weighted by molar-refractivity contribution is 14.1. The number of hydrogen-bond acceptors (Lipinski definition) is 1. The van der Waals surface area contributed by atoms with Crippen LogP contribution < -0.4 is 0 Å². The van der Waals surface area contributed by atoms with Gasteiger partial charge in [-0.25, -0.2) is 0 Å². The maximum absolute atomic E-state index is 7.00. The smallest absolute Gasteiger partial charge is 0.192 e. The average Bonchev–Trinajstić information content (AvgIpc) is 2.90. The topological polar surface area (TPSA) is 9.23 Å². The molecule has 0 N–H and O–H groups in total. The molecule has 0 bridgehead atoms. The molecule has 2 rings (SSSR count). The maximum Gasteiger partial charge on any atom is 0.192 e. The number of halogens is 1. The molecule has 0 radical (unpaired) electrons. The van der Waals surface area contributed by atoms with Crippen LogP contribution in [0.2, 0.25) is 18.1 Å². The van der Waals surface area contributed by atoms with E-state index < -0.39 is 8.32 Å². The molecule has 0 amide bonds. The largest absolute Gasteiger partial charge is 0.414 e. The lowest BCUT2D eigenvalue weighted by atomic mass is 9.62. The fraction of sp³-hybridized carbons (Fsp3) is 1.00. The molecule has 2 aliphatic rings. The van der Waals surface area contributed by atoms with Gasteiger partial charge in [-0.3, -0.25) is 0 Å². The Hall–Kier alpha value is 0.907. The van der Waals surface area contributed by atoms with Gasteiger partial charge in [-0.05, 0) is 67.0 Å². The van der Waals surface area contributed by atoms with Crippen molar-refractivity contribution >= 4 is 30.9 Å². The van der Waals surface area contributed by atoms with E-state index in [1.165, 1.54) is 54.7 Å². The molecule has 3 heteroatoms. The van der Waals surface area contributed by atoms with E-state index >= 15 is 0 Å². The van der Waals surface area contributed by atoms with Crippen molar-refractivity contribution in [3.8, 4) is 0 Å². The Balaban J connectivity index is 2.16. The van der Waals surface area contributed by atoms with Crippen LogP contribution in [0, 0.1) is 23.2 Å². The summed E-state index contributed by atoms with van der Waals surface area (Å²) >= 11 is 2.59. The summed E-state index contributed by atoms with van der Waals surface area (Å²) in [6.45, 7) is 12.2. The quantitative estimate of drug-likeness (QED) is 0.246. The Morgan fingerprint density at radius 3 is 2.32 bits per heavy atom. The Bertz CT molecular complexity index is 349. The monoisotopic (exact) mass is 436 g/mol. The third-order valence-corrected chi connectivity index (χ3v) is 13.5. The molecule has 0 aromatic heterocycles. The molecule has 22 heavy (non-hydrogen) atoms. The van der Waals surface area contributed by atoms with E-state index in [0.717, 1.165) is 17.8 Å². The van der Waals surface area contributed by atoms with E-state index in [0.29, 0.717) is 11.5 Å². The predicted molar refractivity (Wildman–Crippen MR) is 108 cm³/mol. The molecule has 0 aliphatic heterocycles. The van der Waals surface area contributed by atoms with Crippen LogP contribution >= 0.6 is 22.6 Å². The van der Waals surface area contributed by atoms with Crippen LogP contribution in [0.5, 0.6) is 0 Å². The number of rotatable bonds is 7. The van der Waals surface area contributed by atoms with E-state index in [1.54, 1.807) is 0 Å². The van der Waals surface area contributed by atoms with Gasteiger partial charge in [0.1, 0.15) is 0 Å². The third-order valence-electron chi connectivity index (χ3n) is 7.40. The normalized spacial score (nSPS) is 37.1. The molecule has 0 aromatic carbocycles. The van der Waals surface area contributed by atoms with Gasteiger partial charge in [-0.15, -0.1) is 0 Å². The lowest BCUT2D eigenvalue weighted by Gasteiger charge is -2.48. The van der Waals surface area contributed by atoms with Gasteiger partial charge in [0.25, 0.3) is 0 Å². The zero-order valence-electron chi connectivity index (χ0n) is 15.5. The Morgan fingerprint density at radius 1 is 1.14 bits per heavy atom.